The van der Waals surface area contributed by atoms with E-state index in [2.05, 4.69) is 0 Å². The molecule has 170 valence electrons. The first kappa shape index (κ1) is 21.8. The third-order valence-electron chi connectivity index (χ3n) is 5.46. The van der Waals surface area contributed by atoms with E-state index < -0.39 is 11.7 Å². The molecule has 5 rings (SSSR count). The summed E-state index contributed by atoms with van der Waals surface area (Å²) in [7, 11) is 0. The number of anilines is 1. The number of para-hydroxylation sites is 3. The zero-order valence-corrected chi connectivity index (χ0v) is 18.8. The summed E-state index contributed by atoms with van der Waals surface area (Å²) in [5.41, 5.74) is 9.09. The van der Waals surface area contributed by atoms with Gasteiger partial charge in [0.1, 0.15) is 11.5 Å². The van der Waals surface area contributed by atoms with Gasteiger partial charge in [-0.15, -0.1) is 0 Å². The van der Waals surface area contributed by atoms with Crippen molar-refractivity contribution in [1.82, 2.24) is 14.4 Å². The highest BCUT2D eigenvalue weighted by molar-refractivity contribution is 7.99. The van der Waals surface area contributed by atoms with Gasteiger partial charge < -0.3 is 10.6 Å². The lowest BCUT2D eigenvalue weighted by atomic mass is 10.2. The predicted molar refractivity (Wildman–Crippen MR) is 131 cm³/mol. The zero-order valence-electron chi connectivity index (χ0n) is 18.0. The van der Waals surface area contributed by atoms with Crippen LogP contribution in [0.2, 0.25) is 0 Å². The summed E-state index contributed by atoms with van der Waals surface area (Å²) >= 11 is 1.28. The van der Waals surface area contributed by atoms with Gasteiger partial charge in [-0.25, -0.2) is 14.4 Å². The van der Waals surface area contributed by atoms with E-state index in [-0.39, 0.29) is 24.6 Å². The van der Waals surface area contributed by atoms with Crippen LogP contribution in [0.15, 0.2) is 78.0 Å². The molecule has 2 aromatic heterocycles. The third-order valence-corrected chi connectivity index (χ3v) is 6.38. The Labute approximate surface area is 198 Å². The summed E-state index contributed by atoms with van der Waals surface area (Å²) in [6.07, 6.45) is -0.00158. The predicted octanol–water partition coefficient (Wildman–Crippen LogP) is 4.18. The maximum atomic E-state index is 13.4. The fourth-order valence-electron chi connectivity index (χ4n) is 3.86. The second-order valence-electron chi connectivity index (χ2n) is 7.70. The number of imidazole rings is 1. The molecule has 3 aromatic carbocycles. The SMILES string of the molecule is NC(=O)CCN(C(=O)CSc1nc2ccccc2c2nc3ccccc3n12)c1ccc(F)cc1. The molecule has 0 atom stereocenters. The molecular weight excluding hydrogens is 453 g/mol. The van der Waals surface area contributed by atoms with Crippen LogP contribution in [0.5, 0.6) is 0 Å². The Hall–Kier alpha value is -3.98. The van der Waals surface area contributed by atoms with Crippen molar-refractivity contribution in [1.29, 1.82) is 0 Å². The van der Waals surface area contributed by atoms with Crippen molar-refractivity contribution in [3.05, 3.63) is 78.6 Å². The Morgan fingerprint density at radius 3 is 2.41 bits per heavy atom. The standard InChI is InChI=1S/C25H20FN5O2S/c26-16-9-11-17(12-10-16)30(14-13-22(27)32)23(33)15-34-25-29-19-6-2-1-5-18(19)24-28-20-7-3-4-8-21(20)31(24)25/h1-12H,13-15H2,(H2,27,32). The zero-order chi connectivity index (χ0) is 23.7. The Kier molecular flexibility index (Phi) is 5.85. The summed E-state index contributed by atoms with van der Waals surface area (Å²) < 4.78 is 15.4. The maximum absolute atomic E-state index is 13.4. The number of hydrogen-bond acceptors (Lipinski definition) is 5. The lowest BCUT2D eigenvalue weighted by molar-refractivity contribution is -0.118. The highest BCUT2D eigenvalue weighted by atomic mass is 32.2. The Balaban J connectivity index is 1.51. The number of carbonyl (C=O) groups excluding carboxylic acids is 2. The molecule has 0 fully saturated rings. The van der Waals surface area contributed by atoms with Crippen LogP contribution in [-0.4, -0.2) is 38.5 Å². The lowest BCUT2D eigenvalue weighted by Gasteiger charge is -2.22. The van der Waals surface area contributed by atoms with Crippen LogP contribution in [-0.2, 0) is 9.59 Å². The number of amides is 2. The van der Waals surface area contributed by atoms with Gasteiger partial charge in [-0.05, 0) is 48.5 Å². The van der Waals surface area contributed by atoms with Gasteiger partial charge in [0.2, 0.25) is 11.8 Å². The molecule has 0 bridgehead atoms. The van der Waals surface area contributed by atoms with Gasteiger partial charge in [0.25, 0.3) is 0 Å². The van der Waals surface area contributed by atoms with Gasteiger partial charge >= 0.3 is 0 Å². The van der Waals surface area contributed by atoms with Gasteiger partial charge in [-0.2, -0.15) is 0 Å². The van der Waals surface area contributed by atoms with E-state index in [0.29, 0.717) is 10.8 Å². The van der Waals surface area contributed by atoms with Gasteiger partial charge in [0.05, 0.1) is 22.3 Å². The van der Waals surface area contributed by atoms with E-state index in [1.165, 1.54) is 40.9 Å². The molecule has 2 heterocycles. The van der Waals surface area contributed by atoms with E-state index in [4.69, 9.17) is 15.7 Å². The number of benzene rings is 3. The molecule has 34 heavy (non-hydrogen) atoms. The number of thioether (sulfide) groups is 1. The number of halogens is 1. The molecule has 5 aromatic rings. The largest absolute Gasteiger partial charge is 0.370 e. The molecule has 0 aliphatic carbocycles. The Morgan fingerprint density at radius 1 is 0.941 bits per heavy atom. The number of fused-ring (bicyclic) bond motifs is 5. The highest BCUT2D eigenvalue weighted by Crippen LogP contribution is 2.29. The Bertz CT molecular complexity index is 1530. The molecule has 9 heteroatoms. The first-order valence-corrected chi connectivity index (χ1v) is 11.6. The van der Waals surface area contributed by atoms with E-state index in [1.807, 2.05) is 52.9 Å². The minimum absolute atomic E-state index is 0.00158. The smallest absolute Gasteiger partial charge is 0.237 e. The quantitative estimate of drug-likeness (QED) is 0.283. The second-order valence-corrected chi connectivity index (χ2v) is 8.64. The molecule has 2 amide bonds. The minimum Gasteiger partial charge on any atom is -0.370 e. The third kappa shape index (κ3) is 4.17. The number of rotatable bonds is 7. The van der Waals surface area contributed by atoms with E-state index in [0.717, 1.165) is 27.6 Å². The van der Waals surface area contributed by atoms with Crippen molar-refractivity contribution in [3.63, 3.8) is 0 Å². The first-order valence-electron chi connectivity index (χ1n) is 10.6. The van der Waals surface area contributed by atoms with Crippen LogP contribution in [0, 0.1) is 5.82 Å². The molecule has 0 radical (unpaired) electrons. The lowest BCUT2D eigenvalue weighted by Crippen LogP contribution is -2.35. The topological polar surface area (TPSA) is 93.6 Å². The van der Waals surface area contributed by atoms with E-state index >= 15 is 0 Å². The summed E-state index contributed by atoms with van der Waals surface area (Å²) in [4.78, 5) is 35.6. The average molecular weight is 474 g/mol. The van der Waals surface area contributed by atoms with Crippen LogP contribution >= 0.6 is 11.8 Å². The molecule has 2 N–H and O–H groups in total. The van der Waals surface area contributed by atoms with Crippen molar-refractivity contribution in [2.24, 2.45) is 5.73 Å². The van der Waals surface area contributed by atoms with Crippen molar-refractivity contribution < 1.29 is 14.0 Å². The molecule has 0 spiro atoms. The number of hydrogen-bond donors (Lipinski definition) is 1. The molecule has 0 aliphatic heterocycles. The van der Waals surface area contributed by atoms with Crippen molar-refractivity contribution in [2.45, 2.75) is 11.6 Å². The van der Waals surface area contributed by atoms with Crippen LogP contribution in [0.1, 0.15) is 6.42 Å². The molecule has 0 saturated carbocycles. The Morgan fingerprint density at radius 2 is 1.65 bits per heavy atom. The van der Waals surface area contributed by atoms with Gasteiger partial charge in [-0.3, -0.25) is 14.0 Å². The minimum atomic E-state index is -0.518. The number of nitrogens with two attached hydrogens (primary N) is 1. The van der Waals surface area contributed by atoms with E-state index in [9.17, 15) is 14.0 Å². The molecule has 0 aliphatic rings. The number of aromatic nitrogens is 3. The normalized spacial score (nSPS) is 11.3. The maximum Gasteiger partial charge on any atom is 0.237 e. The van der Waals surface area contributed by atoms with Crippen molar-refractivity contribution in [3.8, 4) is 0 Å². The number of nitrogens with zero attached hydrogens (tertiary/aromatic N) is 4. The fraction of sp³-hybridized carbons (Fsp3) is 0.120. The monoisotopic (exact) mass is 473 g/mol. The molecular formula is C25H20FN5O2S. The van der Waals surface area contributed by atoms with Crippen molar-refractivity contribution >= 4 is 56.8 Å². The van der Waals surface area contributed by atoms with E-state index in [1.54, 1.807) is 0 Å². The number of carbonyl (C=O) groups is 2. The molecule has 7 nitrogen and oxygen atoms in total. The number of primary amides is 1. The summed E-state index contributed by atoms with van der Waals surface area (Å²) in [6.45, 7) is 0.106. The van der Waals surface area contributed by atoms with Gasteiger partial charge in [0.15, 0.2) is 5.16 Å². The fourth-order valence-corrected chi connectivity index (χ4v) is 4.74. The van der Waals surface area contributed by atoms with Gasteiger partial charge in [-0.1, -0.05) is 36.0 Å². The van der Waals surface area contributed by atoms with Crippen LogP contribution < -0.4 is 10.6 Å². The van der Waals surface area contributed by atoms with Crippen LogP contribution in [0.25, 0.3) is 27.6 Å². The molecule has 0 unspecified atom stereocenters. The van der Waals surface area contributed by atoms with Gasteiger partial charge in [0, 0.05) is 24.0 Å². The van der Waals surface area contributed by atoms with Crippen LogP contribution in [0.3, 0.4) is 0 Å². The summed E-state index contributed by atoms with van der Waals surface area (Å²) in [6, 6.07) is 21.1. The highest BCUT2D eigenvalue weighted by Gasteiger charge is 2.20. The van der Waals surface area contributed by atoms with Crippen molar-refractivity contribution in [2.75, 3.05) is 17.2 Å². The summed E-state index contributed by atoms with van der Waals surface area (Å²) in [5, 5.41) is 1.55. The molecule has 0 saturated heterocycles. The summed E-state index contributed by atoms with van der Waals surface area (Å²) in [5.74, 6) is -1.11. The second kappa shape index (κ2) is 9.11. The van der Waals surface area contributed by atoms with Crippen LogP contribution in [0.4, 0.5) is 10.1 Å². The average Bonchev–Trinajstić information content (AvgIpc) is 3.24. The first-order chi connectivity index (χ1) is 16.5.